The average molecular weight is 454 g/mol. The lowest BCUT2D eigenvalue weighted by molar-refractivity contribution is -0.137. The number of Topliss-reactive ketones (excluding diaryl/α,β-unsaturated/α-hetero) is 1. The van der Waals surface area contributed by atoms with Crippen molar-refractivity contribution >= 4 is 45.3 Å². The molecule has 1 aliphatic carbocycles. The van der Waals surface area contributed by atoms with Crippen LogP contribution in [0.3, 0.4) is 0 Å². The molecule has 2 aromatic rings. The SMILES string of the molecule is CC1C=CC(C(=O)N2CCN(C(=O)C(=O)c3c[nH]c4c(C(=O)Cl)cccc34)[C@H](C)C2)=CC1. The molecule has 1 unspecified atom stereocenters. The maximum Gasteiger partial charge on any atom is 0.295 e. The summed E-state index contributed by atoms with van der Waals surface area (Å²) in [6, 6.07) is 4.54. The molecule has 1 aromatic heterocycles. The lowest BCUT2D eigenvalue weighted by Gasteiger charge is -2.39. The summed E-state index contributed by atoms with van der Waals surface area (Å²) in [4.78, 5) is 56.6. The van der Waals surface area contributed by atoms with Crippen LogP contribution in [-0.4, -0.2) is 63.3 Å². The first kappa shape index (κ1) is 22.0. The van der Waals surface area contributed by atoms with Gasteiger partial charge in [0.2, 0.25) is 0 Å². The number of halogens is 1. The number of nitrogens with one attached hydrogen (secondary N) is 1. The summed E-state index contributed by atoms with van der Waals surface area (Å²) in [6.07, 6.45) is 8.11. The van der Waals surface area contributed by atoms with Crippen molar-refractivity contribution in [3.63, 3.8) is 0 Å². The van der Waals surface area contributed by atoms with E-state index in [1.54, 1.807) is 23.1 Å². The van der Waals surface area contributed by atoms with E-state index in [9.17, 15) is 19.2 Å². The Labute approximate surface area is 190 Å². The number of hydrogen-bond acceptors (Lipinski definition) is 4. The number of aromatic nitrogens is 1. The Morgan fingerprint density at radius 2 is 1.88 bits per heavy atom. The number of piperazine rings is 1. The first-order valence-corrected chi connectivity index (χ1v) is 11.0. The predicted octanol–water partition coefficient (Wildman–Crippen LogP) is 3.31. The number of amides is 2. The van der Waals surface area contributed by atoms with Gasteiger partial charge in [-0.3, -0.25) is 19.2 Å². The van der Waals surface area contributed by atoms with Gasteiger partial charge in [0.25, 0.3) is 22.8 Å². The Morgan fingerprint density at radius 3 is 2.53 bits per heavy atom. The largest absolute Gasteiger partial charge is 0.360 e. The molecule has 0 spiro atoms. The molecule has 8 heteroatoms. The molecule has 1 N–H and O–H groups in total. The molecule has 1 aromatic carbocycles. The number of hydrogen-bond donors (Lipinski definition) is 1. The van der Waals surface area contributed by atoms with E-state index in [0.717, 1.165) is 6.42 Å². The van der Waals surface area contributed by atoms with Crippen molar-refractivity contribution in [1.82, 2.24) is 14.8 Å². The molecule has 0 bridgehead atoms. The number of H-pyrrole nitrogens is 1. The molecule has 0 radical (unpaired) electrons. The van der Waals surface area contributed by atoms with Gasteiger partial charge in [-0.05, 0) is 36.9 Å². The molecular weight excluding hydrogens is 430 g/mol. The fourth-order valence-corrected chi connectivity index (χ4v) is 4.42. The number of para-hydroxylation sites is 1. The van der Waals surface area contributed by atoms with Gasteiger partial charge in [-0.2, -0.15) is 0 Å². The Balaban J connectivity index is 1.48. The van der Waals surface area contributed by atoms with Crippen molar-refractivity contribution in [2.24, 2.45) is 5.92 Å². The van der Waals surface area contributed by atoms with Gasteiger partial charge >= 0.3 is 0 Å². The van der Waals surface area contributed by atoms with Gasteiger partial charge < -0.3 is 14.8 Å². The molecule has 2 amide bonds. The highest BCUT2D eigenvalue weighted by Gasteiger charge is 2.34. The van der Waals surface area contributed by atoms with Gasteiger partial charge in [-0.1, -0.05) is 37.3 Å². The van der Waals surface area contributed by atoms with Crippen LogP contribution < -0.4 is 0 Å². The highest BCUT2D eigenvalue weighted by molar-refractivity contribution is 6.68. The Morgan fingerprint density at radius 1 is 1.09 bits per heavy atom. The molecule has 32 heavy (non-hydrogen) atoms. The number of carbonyl (C=O) groups is 4. The molecule has 1 fully saturated rings. The third-order valence-corrected chi connectivity index (χ3v) is 6.31. The van der Waals surface area contributed by atoms with Gasteiger partial charge in [0.05, 0.1) is 16.6 Å². The second-order valence-electron chi connectivity index (χ2n) is 8.36. The van der Waals surface area contributed by atoms with E-state index in [0.29, 0.717) is 35.5 Å². The summed E-state index contributed by atoms with van der Waals surface area (Å²) in [5.41, 5.74) is 1.54. The van der Waals surface area contributed by atoms with Crippen molar-refractivity contribution in [3.05, 3.63) is 59.3 Å². The highest BCUT2D eigenvalue weighted by Crippen LogP contribution is 2.25. The normalized spacial score (nSPS) is 20.9. The summed E-state index contributed by atoms with van der Waals surface area (Å²) >= 11 is 5.62. The standard InChI is InChI=1S/C24H24ClN3O4/c1-14-6-8-16(9-7-14)23(31)27-10-11-28(15(2)13-27)24(32)21(29)19-12-26-20-17(19)4-3-5-18(20)22(25)30/h3-6,8-9,12,14-15,26H,7,10-11,13H2,1-2H3/t14?,15-/m1/s1. The smallest absolute Gasteiger partial charge is 0.295 e. The molecule has 7 nitrogen and oxygen atoms in total. The van der Waals surface area contributed by atoms with E-state index < -0.39 is 16.9 Å². The predicted molar refractivity (Wildman–Crippen MR) is 122 cm³/mol. The van der Waals surface area contributed by atoms with Crippen molar-refractivity contribution in [3.8, 4) is 0 Å². The number of allylic oxidation sites excluding steroid dienone is 2. The second kappa shape index (κ2) is 8.74. The summed E-state index contributed by atoms with van der Waals surface area (Å²) < 4.78 is 0. The molecule has 1 saturated heterocycles. The van der Waals surface area contributed by atoms with E-state index >= 15 is 0 Å². The van der Waals surface area contributed by atoms with Gasteiger partial charge in [0.1, 0.15) is 0 Å². The van der Waals surface area contributed by atoms with Crippen LogP contribution in [0.5, 0.6) is 0 Å². The lowest BCUT2D eigenvalue weighted by Crippen LogP contribution is -2.57. The quantitative estimate of drug-likeness (QED) is 0.437. The molecule has 2 heterocycles. The number of aromatic amines is 1. The fourth-order valence-electron chi connectivity index (χ4n) is 4.26. The number of benzene rings is 1. The summed E-state index contributed by atoms with van der Waals surface area (Å²) in [7, 11) is 0. The Kier molecular flexibility index (Phi) is 6.02. The monoisotopic (exact) mass is 453 g/mol. The Hall–Kier alpha value is -3.19. The van der Waals surface area contributed by atoms with E-state index in [2.05, 4.69) is 11.9 Å². The van der Waals surface area contributed by atoms with Crippen molar-refractivity contribution in [2.45, 2.75) is 26.3 Å². The van der Waals surface area contributed by atoms with Crippen LogP contribution in [0.4, 0.5) is 0 Å². The van der Waals surface area contributed by atoms with Crippen LogP contribution in [0, 0.1) is 5.92 Å². The maximum atomic E-state index is 13.0. The van der Waals surface area contributed by atoms with Crippen LogP contribution in [0.15, 0.2) is 48.2 Å². The average Bonchev–Trinajstić information content (AvgIpc) is 3.22. The van der Waals surface area contributed by atoms with Crippen molar-refractivity contribution < 1.29 is 19.2 Å². The Bertz CT molecular complexity index is 1180. The first-order chi connectivity index (χ1) is 15.3. The molecule has 166 valence electrons. The number of carbonyl (C=O) groups excluding carboxylic acids is 4. The maximum absolute atomic E-state index is 13.0. The zero-order valence-corrected chi connectivity index (χ0v) is 18.7. The number of nitrogens with zero attached hydrogens (tertiary/aromatic N) is 2. The summed E-state index contributed by atoms with van der Waals surface area (Å²) in [5.74, 6) is -0.907. The molecule has 2 aliphatic rings. The van der Waals surface area contributed by atoms with Crippen molar-refractivity contribution in [1.29, 1.82) is 0 Å². The highest BCUT2D eigenvalue weighted by atomic mass is 35.5. The van der Waals surface area contributed by atoms with Gasteiger partial charge in [-0.25, -0.2) is 0 Å². The van der Waals surface area contributed by atoms with E-state index in [4.69, 9.17) is 11.6 Å². The third-order valence-electron chi connectivity index (χ3n) is 6.10. The van der Waals surface area contributed by atoms with Crippen LogP contribution in [0.2, 0.25) is 0 Å². The molecule has 0 saturated carbocycles. The first-order valence-electron chi connectivity index (χ1n) is 10.6. The topological polar surface area (TPSA) is 90.6 Å². The number of rotatable bonds is 4. The summed E-state index contributed by atoms with van der Waals surface area (Å²) in [6.45, 7) is 4.93. The van der Waals surface area contributed by atoms with E-state index in [-0.39, 0.29) is 29.6 Å². The zero-order valence-electron chi connectivity index (χ0n) is 17.9. The van der Waals surface area contributed by atoms with Crippen LogP contribution in [-0.2, 0) is 9.59 Å². The van der Waals surface area contributed by atoms with Crippen molar-refractivity contribution in [2.75, 3.05) is 19.6 Å². The second-order valence-corrected chi connectivity index (χ2v) is 8.71. The van der Waals surface area contributed by atoms with Gasteiger partial charge in [0.15, 0.2) is 0 Å². The fraction of sp³-hybridized carbons (Fsp3) is 0.333. The minimum absolute atomic E-state index is 0.0478. The molecule has 4 rings (SSSR count). The van der Waals surface area contributed by atoms with Crippen LogP contribution in [0.1, 0.15) is 41.0 Å². The van der Waals surface area contributed by atoms with Gasteiger partial charge in [0, 0.05) is 42.8 Å². The van der Waals surface area contributed by atoms with E-state index in [1.165, 1.54) is 11.1 Å². The molecular formula is C24H24ClN3O4. The van der Waals surface area contributed by atoms with Crippen LogP contribution >= 0.6 is 11.6 Å². The minimum atomic E-state index is -0.658. The van der Waals surface area contributed by atoms with Crippen LogP contribution in [0.25, 0.3) is 10.9 Å². The molecule has 2 atom stereocenters. The number of ketones is 1. The number of fused-ring (bicyclic) bond motifs is 1. The lowest BCUT2D eigenvalue weighted by atomic mass is 9.97. The van der Waals surface area contributed by atoms with Gasteiger partial charge in [-0.15, -0.1) is 0 Å². The minimum Gasteiger partial charge on any atom is -0.360 e. The summed E-state index contributed by atoms with van der Waals surface area (Å²) in [5, 5.41) is -0.170. The zero-order chi connectivity index (χ0) is 23.0. The molecule has 1 aliphatic heterocycles. The third kappa shape index (κ3) is 4.00. The van der Waals surface area contributed by atoms with E-state index in [1.807, 2.05) is 25.2 Å².